The molecule has 1 amide bonds. The van der Waals surface area contributed by atoms with Crippen molar-refractivity contribution in [2.45, 2.75) is 45.2 Å². The van der Waals surface area contributed by atoms with E-state index in [9.17, 15) is 9.59 Å². The Balaban J connectivity index is 1.87. The van der Waals surface area contributed by atoms with E-state index in [1.807, 2.05) is 50.1 Å². The van der Waals surface area contributed by atoms with Crippen molar-refractivity contribution in [3.8, 4) is 5.75 Å². The summed E-state index contributed by atoms with van der Waals surface area (Å²) in [7, 11) is 1.86. The van der Waals surface area contributed by atoms with E-state index in [1.165, 1.54) is 0 Å². The molecule has 0 aliphatic carbocycles. The molecule has 27 heavy (non-hydrogen) atoms. The molecule has 1 aliphatic heterocycles. The monoisotopic (exact) mass is 377 g/mol. The number of benzene rings is 1. The third kappa shape index (κ3) is 6.52. The van der Waals surface area contributed by atoms with Gasteiger partial charge in [0.1, 0.15) is 5.75 Å². The first kappa shape index (κ1) is 21.2. The van der Waals surface area contributed by atoms with Crippen molar-refractivity contribution < 1.29 is 19.4 Å². The highest BCUT2D eigenvalue weighted by Crippen LogP contribution is 2.19. The average molecular weight is 377 g/mol. The number of nitrogens with one attached hydrogen (secondary N) is 1. The first-order chi connectivity index (χ1) is 12.9. The number of anilines is 1. The number of carboxylic acids is 1. The molecular weight excluding hydrogens is 346 g/mol. The van der Waals surface area contributed by atoms with Crippen molar-refractivity contribution in [3.05, 3.63) is 24.3 Å². The summed E-state index contributed by atoms with van der Waals surface area (Å²) in [5.41, 5.74) is 0.754. The summed E-state index contributed by atoms with van der Waals surface area (Å²) in [5.74, 6) is -0.0502. The summed E-state index contributed by atoms with van der Waals surface area (Å²) < 4.78 is 5.41. The van der Waals surface area contributed by atoms with E-state index in [0.29, 0.717) is 6.61 Å². The first-order valence-corrected chi connectivity index (χ1v) is 9.60. The highest BCUT2D eigenvalue weighted by molar-refractivity contribution is 5.94. The number of ether oxygens (including phenoxy) is 1. The van der Waals surface area contributed by atoms with Gasteiger partial charge >= 0.3 is 5.97 Å². The van der Waals surface area contributed by atoms with Gasteiger partial charge in [-0.05, 0) is 71.0 Å². The van der Waals surface area contributed by atoms with E-state index in [-0.39, 0.29) is 24.5 Å². The number of carbonyl (C=O) groups is 2. The maximum Gasteiger partial charge on any atom is 0.317 e. The van der Waals surface area contributed by atoms with E-state index < -0.39 is 5.97 Å². The Labute approximate surface area is 161 Å². The second kappa shape index (κ2) is 10.3. The van der Waals surface area contributed by atoms with Gasteiger partial charge in [0.25, 0.3) is 0 Å². The molecular formula is C20H31N3O4. The SMILES string of the molecule is CCOc1ccc(NC(=O)C(C)N2CCCC(N(C)CC(=O)O)CC2)cc1. The summed E-state index contributed by atoms with van der Waals surface area (Å²) in [4.78, 5) is 27.6. The molecule has 1 aromatic rings. The number of rotatable bonds is 8. The van der Waals surface area contributed by atoms with Crippen LogP contribution in [0.4, 0.5) is 5.69 Å². The number of nitrogens with zero attached hydrogens (tertiary/aromatic N) is 2. The smallest absolute Gasteiger partial charge is 0.317 e. The molecule has 1 saturated heterocycles. The lowest BCUT2D eigenvalue weighted by molar-refractivity contribution is -0.138. The minimum Gasteiger partial charge on any atom is -0.494 e. The molecule has 1 heterocycles. The van der Waals surface area contributed by atoms with Gasteiger partial charge in [-0.1, -0.05) is 0 Å². The van der Waals surface area contributed by atoms with Gasteiger partial charge in [-0.25, -0.2) is 0 Å². The molecule has 0 radical (unpaired) electrons. The molecule has 2 rings (SSSR count). The number of amides is 1. The number of likely N-dealkylation sites (N-methyl/N-ethyl adjacent to an activating group) is 1. The van der Waals surface area contributed by atoms with Gasteiger partial charge < -0.3 is 15.2 Å². The van der Waals surface area contributed by atoms with Crippen LogP contribution in [-0.2, 0) is 9.59 Å². The molecule has 0 bridgehead atoms. The van der Waals surface area contributed by atoms with Crippen molar-refractivity contribution >= 4 is 17.6 Å². The zero-order valence-electron chi connectivity index (χ0n) is 16.5. The van der Waals surface area contributed by atoms with Crippen LogP contribution in [0.5, 0.6) is 5.75 Å². The maximum absolute atomic E-state index is 12.6. The molecule has 2 N–H and O–H groups in total. The quantitative estimate of drug-likeness (QED) is 0.723. The topological polar surface area (TPSA) is 82.1 Å². The van der Waals surface area contributed by atoms with Gasteiger partial charge in [-0.2, -0.15) is 0 Å². The molecule has 1 aromatic carbocycles. The van der Waals surface area contributed by atoms with Gasteiger partial charge in [0, 0.05) is 18.3 Å². The Morgan fingerprint density at radius 3 is 2.63 bits per heavy atom. The number of aliphatic carboxylic acids is 1. The van der Waals surface area contributed by atoms with E-state index in [1.54, 1.807) is 0 Å². The van der Waals surface area contributed by atoms with Gasteiger partial charge in [-0.3, -0.25) is 19.4 Å². The summed E-state index contributed by atoms with van der Waals surface area (Å²) in [6, 6.07) is 7.38. The van der Waals surface area contributed by atoms with Crippen LogP contribution in [0, 0.1) is 0 Å². The van der Waals surface area contributed by atoms with Crippen LogP contribution in [0.2, 0.25) is 0 Å². The molecule has 2 unspecified atom stereocenters. The number of carbonyl (C=O) groups excluding carboxylic acids is 1. The third-order valence-corrected chi connectivity index (χ3v) is 5.10. The summed E-state index contributed by atoms with van der Waals surface area (Å²) in [6.45, 7) is 6.15. The fourth-order valence-corrected chi connectivity index (χ4v) is 3.49. The number of hydrogen-bond donors (Lipinski definition) is 2. The van der Waals surface area contributed by atoms with Crippen molar-refractivity contribution in [2.24, 2.45) is 0 Å². The zero-order valence-corrected chi connectivity index (χ0v) is 16.5. The number of likely N-dealkylation sites (tertiary alicyclic amines) is 1. The standard InChI is InChI=1S/C20H31N3O4/c1-4-27-18-9-7-16(8-10-18)21-20(26)15(2)23-12-5-6-17(11-13-23)22(3)14-19(24)25/h7-10,15,17H,4-6,11-14H2,1-3H3,(H,21,26)(H,24,25). The molecule has 1 aliphatic rings. The zero-order chi connectivity index (χ0) is 19.8. The Bertz CT molecular complexity index is 620. The lowest BCUT2D eigenvalue weighted by atomic mass is 10.1. The Kier molecular flexibility index (Phi) is 8.06. The number of hydrogen-bond acceptors (Lipinski definition) is 5. The summed E-state index contributed by atoms with van der Waals surface area (Å²) >= 11 is 0. The van der Waals surface area contributed by atoms with Crippen LogP contribution in [0.15, 0.2) is 24.3 Å². The third-order valence-electron chi connectivity index (χ3n) is 5.10. The van der Waals surface area contributed by atoms with Crippen molar-refractivity contribution in [3.63, 3.8) is 0 Å². The van der Waals surface area contributed by atoms with E-state index in [2.05, 4.69) is 10.2 Å². The Hall–Kier alpha value is -2.12. The fraction of sp³-hybridized carbons (Fsp3) is 0.600. The largest absolute Gasteiger partial charge is 0.494 e. The van der Waals surface area contributed by atoms with Crippen LogP contribution in [0.25, 0.3) is 0 Å². The molecule has 2 atom stereocenters. The normalized spacial score (nSPS) is 19.3. The Morgan fingerprint density at radius 2 is 2.00 bits per heavy atom. The maximum atomic E-state index is 12.6. The van der Waals surface area contributed by atoms with Crippen LogP contribution >= 0.6 is 0 Å². The summed E-state index contributed by atoms with van der Waals surface area (Å²) in [5, 5.41) is 11.9. The second-order valence-electron chi connectivity index (χ2n) is 7.05. The lowest BCUT2D eigenvalue weighted by Gasteiger charge is -2.28. The average Bonchev–Trinajstić information content (AvgIpc) is 2.88. The van der Waals surface area contributed by atoms with Crippen molar-refractivity contribution in [2.75, 3.05) is 38.6 Å². The van der Waals surface area contributed by atoms with E-state index in [0.717, 1.165) is 43.8 Å². The minimum atomic E-state index is -0.804. The molecule has 150 valence electrons. The molecule has 7 nitrogen and oxygen atoms in total. The highest BCUT2D eigenvalue weighted by atomic mass is 16.5. The molecule has 0 spiro atoms. The van der Waals surface area contributed by atoms with Gasteiger partial charge in [-0.15, -0.1) is 0 Å². The number of carboxylic acid groups (broad SMARTS) is 1. The molecule has 1 fully saturated rings. The van der Waals surface area contributed by atoms with E-state index >= 15 is 0 Å². The fourth-order valence-electron chi connectivity index (χ4n) is 3.49. The van der Waals surface area contributed by atoms with Gasteiger partial charge in [0.15, 0.2) is 0 Å². The van der Waals surface area contributed by atoms with Crippen molar-refractivity contribution in [1.29, 1.82) is 0 Å². The predicted octanol–water partition coefficient (Wildman–Crippen LogP) is 2.28. The van der Waals surface area contributed by atoms with Crippen LogP contribution in [-0.4, -0.2) is 72.2 Å². The molecule has 0 aromatic heterocycles. The van der Waals surface area contributed by atoms with E-state index in [4.69, 9.17) is 9.84 Å². The van der Waals surface area contributed by atoms with Gasteiger partial charge in [0.2, 0.25) is 5.91 Å². The highest BCUT2D eigenvalue weighted by Gasteiger charge is 2.26. The molecule has 7 heteroatoms. The first-order valence-electron chi connectivity index (χ1n) is 9.60. The second-order valence-corrected chi connectivity index (χ2v) is 7.05. The minimum absolute atomic E-state index is 0.0310. The predicted molar refractivity (Wildman–Crippen MR) is 105 cm³/mol. The molecule has 0 saturated carbocycles. The van der Waals surface area contributed by atoms with Crippen LogP contribution in [0.1, 0.15) is 33.1 Å². The van der Waals surface area contributed by atoms with Crippen LogP contribution < -0.4 is 10.1 Å². The van der Waals surface area contributed by atoms with Crippen molar-refractivity contribution in [1.82, 2.24) is 9.80 Å². The lowest BCUT2D eigenvalue weighted by Crippen LogP contribution is -2.43. The van der Waals surface area contributed by atoms with Crippen LogP contribution in [0.3, 0.4) is 0 Å². The van der Waals surface area contributed by atoms with Gasteiger partial charge in [0.05, 0.1) is 19.2 Å². The summed E-state index contributed by atoms with van der Waals surface area (Å²) in [6.07, 6.45) is 2.77. The Morgan fingerprint density at radius 1 is 1.30 bits per heavy atom.